The Bertz CT molecular complexity index is 528. The van der Waals surface area contributed by atoms with Crippen LogP contribution in [0, 0.1) is 0 Å². The molecule has 0 aliphatic rings. The van der Waals surface area contributed by atoms with Crippen molar-refractivity contribution in [1.82, 2.24) is 4.90 Å². The van der Waals surface area contributed by atoms with Gasteiger partial charge in [-0.25, -0.2) is 18.4 Å². The van der Waals surface area contributed by atoms with Gasteiger partial charge < -0.3 is 20.4 Å². The van der Waals surface area contributed by atoms with Crippen molar-refractivity contribution >= 4 is 33.6 Å². The Morgan fingerprint density at radius 3 is 2.57 bits per heavy atom. The number of urea groups is 1. The largest absolute Gasteiger partial charge is 0.478 e. The average molecular weight is 367 g/mol. The summed E-state index contributed by atoms with van der Waals surface area (Å²) in [4.78, 5) is 23.7. The van der Waals surface area contributed by atoms with Gasteiger partial charge in [0.2, 0.25) is 0 Å². The second-order valence-corrected chi connectivity index (χ2v) is 4.81. The van der Waals surface area contributed by atoms with E-state index in [-0.39, 0.29) is 17.8 Å². The number of anilines is 1. The number of aromatic carboxylic acids is 1. The molecule has 0 aliphatic heterocycles. The third-order valence-corrected chi connectivity index (χ3v) is 3.15. The minimum atomic E-state index is -2.76. The summed E-state index contributed by atoms with van der Waals surface area (Å²) in [5, 5.41) is 20.1. The van der Waals surface area contributed by atoms with Gasteiger partial charge in [-0.1, -0.05) is 6.07 Å². The summed E-state index contributed by atoms with van der Waals surface area (Å²) in [6.07, 6.45) is -2.76. The highest BCUT2D eigenvalue weighted by Gasteiger charge is 2.21. The van der Waals surface area contributed by atoms with Crippen LogP contribution in [0.3, 0.4) is 0 Å². The van der Waals surface area contributed by atoms with Crippen molar-refractivity contribution in [1.29, 1.82) is 0 Å². The number of carboxylic acid groups (broad SMARTS) is 1. The Hall–Kier alpha value is -1.74. The van der Waals surface area contributed by atoms with E-state index in [4.69, 9.17) is 10.2 Å². The van der Waals surface area contributed by atoms with E-state index >= 15 is 0 Å². The normalized spacial score (nSPS) is 10.5. The van der Waals surface area contributed by atoms with E-state index in [2.05, 4.69) is 21.2 Å². The number of nitrogens with zero attached hydrogens (tertiary/aromatic N) is 1. The number of alkyl halides is 2. The van der Waals surface area contributed by atoms with Crippen molar-refractivity contribution < 1.29 is 28.6 Å². The van der Waals surface area contributed by atoms with E-state index in [1.54, 1.807) is 0 Å². The Morgan fingerprint density at radius 1 is 1.38 bits per heavy atom. The molecular formula is C12H13BrF2N2O4. The number of hydrogen-bond donors (Lipinski definition) is 3. The molecule has 21 heavy (non-hydrogen) atoms. The van der Waals surface area contributed by atoms with Gasteiger partial charge in [0, 0.05) is 11.0 Å². The third kappa shape index (κ3) is 4.94. The number of nitrogens with one attached hydrogen (secondary N) is 1. The van der Waals surface area contributed by atoms with Crippen LogP contribution in [-0.2, 0) is 0 Å². The number of carbonyl (C=O) groups is 2. The summed E-state index contributed by atoms with van der Waals surface area (Å²) in [5.74, 6) is -1.27. The maximum absolute atomic E-state index is 12.4. The number of aliphatic hydroxyl groups excluding tert-OH is 1. The lowest BCUT2D eigenvalue weighted by molar-refractivity contribution is 0.0697. The number of aliphatic hydroxyl groups is 1. The van der Waals surface area contributed by atoms with Crippen molar-refractivity contribution in [3.05, 3.63) is 28.2 Å². The minimum Gasteiger partial charge on any atom is -0.478 e. The van der Waals surface area contributed by atoms with Crippen LogP contribution in [-0.4, -0.2) is 53.2 Å². The first kappa shape index (κ1) is 17.3. The molecule has 0 radical (unpaired) electrons. The van der Waals surface area contributed by atoms with Gasteiger partial charge in [-0.2, -0.15) is 0 Å². The number of halogens is 3. The Kier molecular flexibility index (Phi) is 6.50. The lowest BCUT2D eigenvalue weighted by Crippen LogP contribution is -2.40. The molecule has 3 N–H and O–H groups in total. The summed E-state index contributed by atoms with van der Waals surface area (Å²) in [6.45, 7) is -1.63. The summed E-state index contributed by atoms with van der Waals surface area (Å²) in [5.41, 5.74) is -0.217. The highest BCUT2D eigenvalue weighted by molar-refractivity contribution is 9.10. The molecule has 116 valence electrons. The van der Waals surface area contributed by atoms with Crippen molar-refractivity contribution in [3.63, 3.8) is 0 Å². The average Bonchev–Trinajstić information content (AvgIpc) is 2.39. The van der Waals surface area contributed by atoms with E-state index in [0.29, 0.717) is 9.37 Å². The van der Waals surface area contributed by atoms with Gasteiger partial charge in [-0.3, -0.25) is 0 Å². The van der Waals surface area contributed by atoms with E-state index < -0.39 is 31.6 Å². The monoisotopic (exact) mass is 366 g/mol. The van der Waals surface area contributed by atoms with E-state index in [0.717, 1.165) is 0 Å². The topological polar surface area (TPSA) is 89.9 Å². The van der Waals surface area contributed by atoms with E-state index in [9.17, 15) is 18.4 Å². The van der Waals surface area contributed by atoms with Gasteiger partial charge in [-0.05, 0) is 28.1 Å². The predicted molar refractivity (Wildman–Crippen MR) is 74.8 cm³/mol. The third-order valence-electron chi connectivity index (χ3n) is 2.49. The van der Waals surface area contributed by atoms with Gasteiger partial charge in [0.1, 0.15) is 0 Å². The molecule has 0 heterocycles. The van der Waals surface area contributed by atoms with Crippen LogP contribution in [0.2, 0.25) is 0 Å². The molecular weight excluding hydrogens is 354 g/mol. The zero-order valence-corrected chi connectivity index (χ0v) is 12.3. The standard InChI is InChI=1S/C12H13BrF2N2O4/c13-8-3-1-2-7(11(19)20)10(8)16-12(21)17(4-5-18)6-9(14)15/h1-3,9,18H,4-6H2,(H,16,21)(H,19,20). The molecule has 1 aromatic rings. The Labute approximate surface area is 127 Å². The highest BCUT2D eigenvalue weighted by atomic mass is 79.9. The van der Waals surface area contributed by atoms with Gasteiger partial charge >= 0.3 is 12.0 Å². The molecule has 0 saturated heterocycles. The van der Waals surface area contributed by atoms with Crippen LogP contribution in [0.5, 0.6) is 0 Å². The number of carbonyl (C=O) groups excluding carboxylic acids is 1. The van der Waals surface area contributed by atoms with Gasteiger partial charge in [0.25, 0.3) is 6.43 Å². The number of amides is 2. The lowest BCUT2D eigenvalue weighted by Gasteiger charge is -2.22. The molecule has 1 aromatic carbocycles. The second kappa shape index (κ2) is 7.89. The summed E-state index contributed by atoms with van der Waals surface area (Å²) < 4.78 is 25.1. The fourth-order valence-corrected chi connectivity index (χ4v) is 2.04. The maximum Gasteiger partial charge on any atom is 0.337 e. The second-order valence-electron chi connectivity index (χ2n) is 3.96. The summed E-state index contributed by atoms with van der Waals surface area (Å²) in [7, 11) is 0. The number of carboxylic acids is 1. The molecule has 9 heteroatoms. The van der Waals surface area contributed by atoms with E-state index in [1.165, 1.54) is 18.2 Å². The number of benzene rings is 1. The number of rotatable bonds is 6. The Balaban J connectivity index is 2.98. The van der Waals surface area contributed by atoms with Crippen LogP contribution in [0.4, 0.5) is 19.3 Å². The smallest absolute Gasteiger partial charge is 0.337 e. The summed E-state index contributed by atoms with van der Waals surface area (Å²) in [6, 6.07) is 3.32. The first-order valence-corrected chi connectivity index (χ1v) is 6.62. The molecule has 0 unspecified atom stereocenters. The molecule has 0 spiro atoms. The molecule has 0 atom stereocenters. The first-order chi connectivity index (χ1) is 9.86. The van der Waals surface area contributed by atoms with Gasteiger partial charge in [0.15, 0.2) is 0 Å². The quantitative estimate of drug-likeness (QED) is 0.720. The minimum absolute atomic E-state index is 0.0350. The van der Waals surface area contributed by atoms with Crippen LogP contribution in [0.15, 0.2) is 22.7 Å². The van der Waals surface area contributed by atoms with Crippen molar-refractivity contribution in [3.8, 4) is 0 Å². The van der Waals surface area contributed by atoms with Gasteiger partial charge in [-0.15, -0.1) is 0 Å². The van der Waals surface area contributed by atoms with Crippen LogP contribution in [0.1, 0.15) is 10.4 Å². The first-order valence-electron chi connectivity index (χ1n) is 5.83. The molecule has 0 aliphatic carbocycles. The van der Waals surface area contributed by atoms with Crippen LogP contribution in [0.25, 0.3) is 0 Å². The molecule has 0 saturated carbocycles. The highest BCUT2D eigenvalue weighted by Crippen LogP contribution is 2.27. The molecule has 0 bridgehead atoms. The molecule has 2 amide bonds. The van der Waals surface area contributed by atoms with Crippen LogP contribution >= 0.6 is 15.9 Å². The van der Waals surface area contributed by atoms with Crippen molar-refractivity contribution in [2.75, 3.05) is 25.0 Å². The van der Waals surface area contributed by atoms with Crippen molar-refractivity contribution in [2.45, 2.75) is 6.43 Å². The SMILES string of the molecule is O=C(O)c1cccc(Br)c1NC(=O)N(CCO)CC(F)F. The molecule has 0 fully saturated rings. The molecule has 6 nitrogen and oxygen atoms in total. The predicted octanol–water partition coefficient (Wildman–Crippen LogP) is 2.24. The molecule has 1 rings (SSSR count). The zero-order valence-electron chi connectivity index (χ0n) is 10.7. The summed E-state index contributed by atoms with van der Waals surface area (Å²) >= 11 is 3.09. The van der Waals surface area contributed by atoms with Crippen LogP contribution < -0.4 is 5.32 Å². The fraction of sp³-hybridized carbons (Fsp3) is 0.333. The molecule has 0 aromatic heterocycles. The fourth-order valence-electron chi connectivity index (χ4n) is 1.58. The Morgan fingerprint density at radius 2 is 2.05 bits per heavy atom. The number of hydrogen-bond acceptors (Lipinski definition) is 3. The van der Waals surface area contributed by atoms with E-state index in [1.807, 2.05) is 0 Å². The van der Waals surface area contributed by atoms with Gasteiger partial charge in [0.05, 0.1) is 24.4 Å². The maximum atomic E-state index is 12.4. The van der Waals surface area contributed by atoms with Crippen molar-refractivity contribution in [2.24, 2.45) is 0 Å². The number of para-hydroxylation sites is 1. The zero-order chi connectivity index (χ0) is 16.0. The lowest BCUT2D eigenvalue weighted by atomic mass is 10.2.